The Morgan fingerprint density at radius 3 is 2.59 bits per heavy atom. The zero-order valence-electron chi connectivity index (χ0n) is 15.3. The summed E-state index contributed by atoms with van der Waals surface area (Å²) in [6.07, 6.45) is 2.16. The van der Waals surface area contributed by atoms with E-state index in [9.17, 15) is 9.90 Å². The number of nitrogen functional groups attached to an aromatic ring is 1. The van der Waals surface area contributed by atoms with E-state index in [1.807, 2.05) is 30.3 Å². The summed E-state index contributed by atoms with van der Waals surface area (Å²) in [4.78, 5) is 18.6. The third-order valence-corrected chi connectivity index (χ3v) is 5.61. The molecule has 3 N–H and O–H groups in total. The van der Waals surface area contributed by atoms with Crippen LogP contribution in [-0.2, 0) is 4.74 Å². The van der Waals surface area contributed by atoms with Crippen LogP contribution in [0.2, 0.25) is 0 Å². The van der Waals surface area contributed by atoms with E-state index in [0.29, 0.717) is 50.3 Å². The maximum Gasteiger partial charge on any atom is 0.272 e. The van der Waals surface area contributed by atoms with Crippen LogP contribution in [0, 0.1) is 0 Å². The monoisotopic (exact) mass is 367 g/mol. The van der Waals surface area contributed by atoms with Gasteiger partial charge in [0.15, 0.2) is 0 Å². The summed E-state index contributed by atoms with van der Waals surface area (Å²) >= 11 is 0. The number of rotatable bonds is 2. The molecule has 2 fully saturated rings. The van der Waals surface area contributed by atoms with E-state index < -0.39 is 0 Å². The zero-order valence-corrected chi connectivity index (χ0v) is 15.3. The van der Waals surface area contributed by atoms with Gasteiger partial charge < -0.3 is 20.5 Å². The SMILES string of the molecule is Nc1cccc(C(=O)N2CCC3(CC2)C[C@H](O)C[C@H](c2ccccc2)O3)n1. The van der Waals surface area contributed by atoms with E-state index in [2.05, 4.69) is 4.98 Å². The van der Waals surface area contributed by atoms with Gasteiger partial charge in [0, 0.05) is 25.9 Å². The molecule has 4 rings (SSSR count). The lowest BCUT2D eigenvalue weighted by atomic mass is 9.81. The predicted molar refractivity (Wildman–Crippen MR) is 102 cm³/mol. The number of piperidine rings is 1. The molecule has 27 heavy (non-hydrogen) atoms. The fourth-order valence-electron chi connectivity index (χ4n) is 4.20. The highest BCUT2D eigenvalue weighted by atomic mass is 16.5. The molecule has 0 unspecified atom stereocenters. The van der Waals surface area contributed by atoms with Gasteiger partial charge in [-0.1, -0.05) is 36.4 Å². The van der Waals surface area contributed by atoms with E-state index in [1.54, 1.807) is 23.1 Å². The normalized spacial score (nSPS) is 24.7. The van der Waals surface area contributed by atoms with Crippen LogP contribution >= 0.6 is 0 Å². The van der Waals surface area contributed by atoms with Crippen LogP contribution in [0.15, 0.2) is 48.5 Å². The van der Waals surface area contributed by atoms with Crippen molar-refractivity contribution < 1.29 is 14.6 Å². The van der Waals surface area contributed by atoms with E-state index in [-0.39, 0.29) is 23.7 Å². The molecule has 2 aliphatic heterocycles. The standard InChI is InChI=1S/C21H25N3O3/c22-19-8-4-7-17(23-19)20(26)24-11-9-21(10-12-24)14-16(25)13-18(27-21)15-5-2-1-3-6-15/h1-8,16,18,25H,9-14H2,(H2,22,23)/t16-,18-/m1/s1. The number of nitrogens with zero attached hydrogens (tertiary/aromatic N) is 2. The molecule has 1 amide bonds. The van der Waals surface area contributed by atoms with Gasteiger partial charge in [-0.05, 0) is 30.5 Å². The number of aliphatic hydroxyl groups is 1. The topological polar surface area (TPSA) is 88.7 Å². The molecule has 1 aromatic carbocycles. The molecule has 1 spiro atoms. The third-order valence-electron chi connectivity index (χ3n) is 5.61. The van der Waals surface area contributed by atoms with Crippen LogP contribution in [0.5, 0.6) is 0 Å². The molecule has 0 radical (unpaired) electrons. The van der Waals surface area contributed by atoms with Crippen molar-refractivity contribution >= 4 is 11.7 Å². The van der Waals surface area contributed by atoms with Gasteiger partial charge in [0.2, 0.25) is 0 Å². The number of nitrogens with two attached hydrogens (primary N) is 1. The largest absolute Gasteiger partial charge is 0.393 e. The first kappa shape index (κ1) is 17.9. The highest BCUT2D eigenvalue weighted by molar-refractivity contribution is 5.92. The van der Waals surface area contributed by atoms with Crippen LogP contribution in [0.3, 0.4) is 0 Å². The first-order valence-electron chi connectivity index (χ1n) is 9.47. The van der Waals surface area contributed by atoms with Gasteiger partial charge in [-0.15, -0.1) is 0 Å². The van der Waals surface area contributed by atoms with Crippen molar-refractivity contribution in [2.45, 2.75) is 43.5 Å². The number of benzene rings is 1. The Balaban J connectivity index is 1.45. The maximum absolute atomic E-state index is 12.7. The molecule has 2 atom stereocenters. The Bertz CT molecular complexity index is 803. The van der Waals surface area contributed by atoms with Crippen molar-refractivity contribution in [1.82, 2.24) is 9.88 Å². The summed E-state index contributed by atoms with van der Waals surface area (Å²) in [5, 5.41) is 10.5. The summed E-state index contributed by atoms with van der Waals surface area (Å²) in [7, 11) is 0. The first-order valence-corrected chi connectivity index (χ1v) is 9.47. The Hall–Kier alpha value is -2.44. The van der Waals surface area contributed by atoms with Gasteiger partial charge in [-0.2, -0.15) is 0 Å². The predicted octanol–water partition coefficient (Wildman–Crippen LogP) is 2.55. The van der Waals surface area contributed by atoms with E-state index >= 15 is 0 Å². The number of anilines is 1. The van der Waals surface area contributed by atoms with Crippen molar-refractivity contribution in [3.8, 4) is 0 Å². The number of carbonyl (C=O) groups is 1. The number of carbonyl (C=O) groups excluding carboxylic acids is 1. The van der Waals surface area contributed by atoms with Gasteiger partial charge >= 0.3 is 0 Å². The van der Waals surface area contributed by atoms with Gasteiger partial charge in [-0.3, -0.25) is 4.79 Å². The van der Waals surface area contributed by atoms with E-state index in [1.165, 1.54) is 0 Å². The average molecular weight is 367 g/mol. The molecule has 2 aromatic rings. The minimum atomic E-state index is -0.387. The Kier molecular flexibility index (Phi) is 4.85. The molecule has 3 heterocycles. The second kappa shape index (κ2) is 7.29. The lowest BCUT2D eigenvalue weighted by Crippen LogP contribution is -2.52. The second-order valence-electron chi connectivity index (χ2n) is 7.53. The molecule has 142 valence electrons. The highest BCUT2D eigenvalue weighted by Gasteiger charge is 2.44. The highest BCUT2D eigenvalue weighted by Crippen LogP contribution is 2.43. The molecule has 0 aliphatic carbocycles. The van der Waals surface area contributed by atoms with Gasteiger partial charge in [0.1, 0.15) is 11.5 Å². The molecular weight excluding hydrogens is 342 g/mol. The minimum absolute atomic E-state index is 0.104. The summed E-state index contributed by atoms with van der Waals surface area (Å²) < 4.78 is 6.49. The van der Waals surface area contributed by atoms with E-state index in [0.717, 1.165) is 5.56 Å². The maximum atomic E-state index is 12.7. The summed E-state index contributed by atoms with van der Waals surface area (Å²) in [5.41, 5.74) is 6.79. The smallest absolute Gasteiger partial charge is 0.272 e. The van der Waals surface area contributed by atoms with Gasteiger partial charge in [0.25, 0.3) is 5.91 Å². The Labute approximate surface area is 159 Å². The average Bonchev–Trinajstić information content (AvgIpc) is 2.68. The van der Waals surface area contributed by atoms with Crippen molar-refractivity contribution in [2.75, 3.05) is 18.8 Å². The number of aliphatic hydroxyl groups excluding tert-OH is 1. The first-order chi connectivity index (χ1) is 13.0. The van der Waals surface area contributed by atoms with Crippen LogP contribution in [-0.4, -0.2) is 45.7 Å². The van der Waals surface area contributed by atoms with Gasteiger partial charge in [-0.25, -0.2) is 4.98 Å². The van der Waals surface area contributed by atoms with Crippen molar-refractivity contribution in [1.29, 1.82) is 0 Å². The number of aromatic nitrogens is 1. The number of hydrogen-bond donors (Lipinski definition) is 2. The molecule has 0 saturated carbocycles. The molecule has 1 aromatic heterocycles. The Morgan fingerprint density at radius 1 is 1.15 bits per heavy atom. The molecule has 0 bridgehead atoms. The van der Waals surface area contributed by atoms with Crippen molar-refractivity contribution in [2.24, 2.45) is 0 Å². The molecular formula is C21H25N3O3. The summed E-state index contributed by atoms with van der Waals surface area (Å²) in [5.74, 6) is 0.242. The van der Waals surface area contributed by atoms with Crippen LogP contribution < -0.4 is 5.73 Å². The number of amides is 1. The second-order valence-corrected chi connectivity index (χ2v) is 7.53. The number of likely N-dealkylation sites (tertiary alicyclic amines) is 1. The molecule has 2 saturated heterocycles. The van der Waals surface area contributed by atoms with Crippen LogP contribution in [0.1, 0.15) is 47.8 Å². The van der Waals surface area contributed by atoms with Crippen molar-refractivity contribution in [3.63, 3.8) is 0 Å². The number of hydrogen-bond acceptors (Lipinski definition) is 5. The zero-order chi connectivity index (χ0) is 18.9. The van der Waals surface area contributed by atoms with Crippen LogP contribution in [0.25, 0.3) is 0 Å². The summed E-state index contributed by atoms with van der Waals surface area (Å²) in [6, 6.07) is 15.1. The van der Waals surface area contributed by atoms with Gasteiger partial charge in [0.05, 0.1) is 17.8 Å². The molecule has 6 heteroatoms. The third kappa shape index (κ3) is 3.82. The Morgan fingerprint density at radius 2 is 1.89 bits per heavy atom. The molecule has 6 nitrogen and oxygen atoms in total. The number of pyridine rings is 1. The lowest BCUT2D eigenvalue weighted by Gasteiger charge is -2.48. The fraction of sp³-hybridized carbons (Fsp3) is 0.429. The quantitative estimate of drug-likeness (QED) is 0.852. The number of ether oxygens (including phenoxy) is 1. The fourth-order valence-corrected chi connectivity index (χ4v) is 4.20. The lowest BCUT2D eigenvalue weighted by molar-refractivity contribution is -0.181. The summed E-state index contributed by atoms with van der Waals surface area (Å²) in [6.45, 7) is 1.17. The van der Waals surface area contributed by atoms with Crippen LogP contribution in [0.4, 0.5) is 5.82 Å². The van der Waals surface area contributed by atoms with Crippen molar-refractivity contribution in [3.05, 3.63) is 59.8 Å². The molecule has 2 aliphatic rings. The minimum Gasteiger partial charge on any atom is -0.393 e. The van der Waals surface area contributed by atoms with E-state index in [4.69, 9.17) is 10.5 Å².